The summed E-state index contributed by atoms with van der Waals surface area (Å²) < 4.78 is 10.9. The van der Waals surface area contributed by atoms with Gasteiger partial charge in [-0.15, -0.1) is 0 Å². The number of ether oxygens (including phenoxy) is 2. The molecule has 0 aliphatic rings. The molecular formula is C17H28N2O3. The molecule has 124 valence electrons. The van der Waals surface area contributed by atoms with Gasteiger partial charge in [0, 0.05) is 6.54 Å². The van der Waals surface area contributed by atoms with E-state index in [4.69, 9.17) is 15.2 Å². The van der Waals surface area contributed by atoms with E-state index in [2.05, 4.69) is 25.7 Å². The second-order valence-corrected chi connectivity index (χ2v) is 5.08. The number of hydrogen-bond donors (Lipinski definition) is 1. The number of unbranched alkanes of at least 4 members (excludes halogenated alkanes) is 1. The quantitative estimate of drug-likeness (QED) is 0.409. The average Bonchev–Trinajstić information content (AvgIpc) is 2.53. The summed E-state index contributed by atoms with van der Waals surface area (Å²) in [4.78, 5) is 14.3. The molecule has 0 atom stereocenters. The Morgan fingerprint density at radius 2 is 1.91 bits per heavy atom. The largest absolute Gasteiger partial charge is 0.491 e. The molecule has 0 radical (unpaired) electrons. The van der Waals surface area contributed by atoms with Gasteiger partial charge in [-0.05, 0) is 31.6 Å². The van der Waals surface area contributed by atoms with E-state index in [1.807, 2.05) is 0 Å². The molecular weight excluding hydrogens is 280 g/mol. The number of anilines is 1. The lowest BCUT2D eigenvalue weighted by molar-refractivity contribution is 0.0467. The summed E-state index contributed by atoms with van der Waals surface area (Å²) in [5.74, 6) is 0.150. The highest BCUT2D eigenvalue weighted by Gasteiger charge is 2.15. The summed E-state index contributed by atoms with van der Waals surface area (Å²) in [6, 6.07) is 5.21. The third-order valence-electron chi connectivity index (χ3n) is 3.58. The molecule has 0 aromatic heterocycles. The van der Waals surface area contributed by atoms with Gasteiger partial charge < -0.3 is 20.1 Å². The van der Waals surface area contributed by atoms with E-state index in [1.165, 1.54) is 0 Å². The van der Waals surface area contributed by atoms with Crippen molar-refractivity contribution in [2.75, 3.05) is 38.6 Å². The maximum Gasteiger partial charge on any atom is 0.340 e. The monoisotopic (exact) mass is 308 g/mol. The molecule has 0 amide bonds. The highest BCUT2D eigenvalue weighted by molar-refractivity contribution is 5.96. The van der Waals surface area contributed by atoms with Crippen LogP contribution in [0.3, 0.4) is 0 Å². The topological polar surface area (TPSA) is 64.8 Å². The van der Waals surface area contributed by atoms with Crippen LogP contribution in [0.2, 0.25) is 0 Å². The van der Waals surface area contributed by atoms with Crippen molar-refractivity contribution in [1.29, 1.82) is 0 Å². The molecule has 22 heavy (non-hydrogen) atoms. The summed E-state index contributed by atoms with van der Waals surface area (Å²) in [6.45, 7) is 9.83. The first-order chi connectivity index (χ1) is 10.6. The third-order valence-corrected chi connectivity index (χ3v) is 3.58. The molecule has 2 N–H and O–H groups in total. The van der Waals surface area contributed by atoms with Gasteiger partial charge in [0.2, 0.25) is 0 Å². The molecule has 0 spiro atoms. The first-order valence-electron chi connectivity index (χ1n) is 8.04. The number of nitrogens with two attached hydrogens (primary N) is 1. The number of nitrogens with zero attached hydrogens (tertiary/aromatic N) is 1. The zero-order chi connectivity index (χ0) is 16.4. The predicted molar refractivity (Wildman–Crippen MR) is 89.3 cm³/mol. The SMILES string of the molecule is CCCCOc1cccc(C(=O)OCCN(CC)CC)c1N. The number of carbonyl (C=O) groups excluding carboxylic acids is 1. The van der Waals surface area contributed by atoms with Crippen molar-refractivity contribution in [3.05, 3.63) is 23.8 Å². The maximum absolute atomic E-state index is 12.1. The summed E-state index contributed by atoms with van der Waals surface area (Å²) >= 11 is 0. The number of para-hydroxylation sites is 1. The van der Waals surface area contributed by atoms with Gasteiger partial charge in [0.05, 0.1) is 17.9 Å². The Morgan fingerprint density at radius 1 is 1.18 bits per heavy atom. The predicted octanol–water partition coefficient (Wildman–Crippen LogP) is 2.95. The van der Waals surface area contributed by atoms with E-state index in [0.717, 1.165) is 32.5 Å². The smallest absolute Gasteiger partial charge is 0.340 e. The van der Waals surface area contributed by atoms with Gasteiger partial charge >= 0.3 is 5.97 Å². The number of benzene rings is 1. The highest BCUT2D eigenvalue weighted by Crippen LogP contribution is 2.26. The van der Waals surface area contributed by atoms with Crippen molar-refractivity contribution in [1.82, 2.24) is 4.90 Å². The van der Waals surface area contributed by atoms with Gasteiger partial charge in [-0.25, -0.2) is 4.79 Å². The van der Waals surface area contributed by atoms with Crippen LogP contribution in [0.1, 0.15) is 44.0 Å². The Morgan fingerprint density at radius 3 is 2.55 bits per heavy atom. The Balaban J connectivity index is 2.59. The summed E-state index contributed by atoms with van der Waals surface area (Å²) in [7, 11) is 0. The van der Waals surface area contributed by atoms with E-state index < -0.39 is 5.97 Å². The molecule has 1 aromatic carbocycles. The van der Waals surface area contributed by atoms with Crippen LogP contribution in [0.15, 0.2) is 18.2 Å². The van der Waals surface area contributed by atoms with Gasteiger partial charge in [0.1, 0.15) is 12.4 Å². The molecule has 0 saturated carbocycles. The molecule has 0 unspecified atom stereocenters. The van der Waals surface area contributed by atoms with Crippen LogP contribution in [0.5, 0.6) is 5.75 Å². The number of hydrogen-bond acceptors (Lipinski definition) is 5. The van der Waals surface area contributed by atoms with Gasteiger partial charge in [0.15, 0.2) is 0 Å². The normalized spacial score (nSPS) is 10.7. The third kappa shape index (κ3) is 5.56. The first kappa shape index (κ1) is 18.3. The van der Waals surface area contributed by atoms with Crippen LogP contribution in [-0.4, -0.2) is 43.7 Å². The fourth-order valence-electron chi connectivity index (χ4n) is 2.06. The highest BCUT2D eigenvalue weighted by atomic mass is 16.5. The fourth-order valence-corrected chi connectivity index (χ4v) is 2.06. The van der Waals surface area contributed by atoms with Crippen LogP contribution in [-0.2, 0) is 4.74 Å². The average molecular weight is 308 g/mol. The molecule has 0 bridgehead atoms. The number of nitrogen functional groups attached to an aromatic ring is 1. The number of esters is 1. The zero-order valence-electron chi connectivity index (χ0n) is 13.9. The summed E-state index contributed by atoms with van der Waals surface area (Å²) in [5, 5.41) is 0. The lowest BCUT2D eigenvalue weighted by Crippen LogP contribution is -2.28. The van der Waals surface area contributed by atoms with Gasteiger partial charge in [0.25, 0.3) is 0 Å². The minimum atomic E-state index is -0.398. The number of likely N-dealkylation sites (N-methyl/N-ethyl adjacent to an activating group) is 1. The Hall–Kier alpha value is -1.75. The van der Waals surface area contributed by atoms with Crippen molar-refractivity contribution in [3.8, 4) is 5.75 Å². The lowest BCUT2D eigenvalue weighted by Gasteiger charge is -2.18. The van der Waals surface area contributed by atoms with E-state index in [0.29, 0.717) is 30.2 Å². The molecule has 1 rings (SSSR count). The van der Waals surface area contributed by atoms with Crippen LogP contribution in [0, 0.1) is 0 Å². The minimum absolute atomic E-state index is 0.353. The van der Waals surface area contributed by atoms with Crippen LogP contribution < -0.4 is 10.5 Å². The van der Waals surface area contributed by atoms with Crippen molar-refractivity contribution in [2.45, 2.75) is 33.6 Å². The second-order valence-electron chi connectivity index (χ2n) is 5.08. The lowest BCUT2D eigenvalue weighted by atomic mass is 10.1. The Bertz CT molecular complexity index is 459. The van der Waals surface area contributed by atoms with Crippen LogP contribution in [0.4, 0.5) is 5.69 Å². The maximum atomic E-state index is 12.1. The van der Waals surface area contributed by atoms with Crippen molar-refractivity contribution in [2.24, 2.45) is 0 Å². The van der Waals surface area contributed by atoms with Crippen molar-refractivity contribution >= 4 is 11.7 Å². The molecule has 0 saturated heterocycles. The molecule has 5 heteroatoms. The molecule has 0 aliphatic heterocycles. The molecule has 1 aromatic rings. The van der Waals surface area contributed by atoms with E-state index in [-0.39, 0.29) is 0 Å². The molecule has 0 aliphatic carbocycles. The first-order valence-corrected chi connectivity index (χ1v) is 8.04. The molecule has 5 nitrogen and oxygen atoms in total. The number of rotatable bonds is 10. The number of carbonyl (C=O) groups is 1. The van der Waals surface area contributed by atoms with Crippen molar-refractivity contribution in [3.63, 3.8) is 0 Å². The molecule has 0 heterocycles. The van der Waals surface area contributed by atoms with Gasteiger partial charge in [-0.1, -0.05) is 33.3 Å². The minimum Gasteiger partial charge on any atom is -0.491 e. The van der Waals surface area contributed by atoms with Crippen LogP contribution in [0.25, 0.3) is 0 Å². The fraction of sp³-hybridized carbons (Fsp3) is 0.588. The summed E-state index contributed by atoms with van der Waals surface area (Å²) in [6.07, 6.45) is 2.00. The van der Waals surface area contributed by atoms with Crippen molar-refractivity contribution < 1.29 is 14.3 Å². The van der Waals surface area contributed by atoms with Crippen LogP contribution >= 0.6 is 0 Å². The summed E-state index contributed by atoms with van der Waals surface area (Å²) in [5.41, 5.74) is 6.74. The van der Waals surface area contributed by atoms with Gasteiger partial charge in [-0.3, -0.25) is 0 Å². The van der Waals surface area contributed by atoms with Gasteiger partial charge in [-0.2, -0.15) is 0 Å². The second kappa shape index (κ2) is 10.1. The molecule has 0 fully saturated rings. The standard InChI is InChI=1S/C17H28N2O3/c1-4-7-12-21-15-10-8-9-14(16(15)18)17(20)22-13-11-19(5-2)6-3/h8-10H,4-7,11-13,18H2,1-3H3. The Kier molecular flexibility index (Phi) is 8.36. The zero-order valence-corrected chi connectivity index (χ0v) is 13.9. The van der Waals surface area contributed by atoms with E-state index in [9.17, 15) is 4.79 Å². The Labute approximate surface area is 133 Å². The van der Waals surface area contributed by atoms with E-state index >= 15 is 0 Å². The van der Waals surface area contributed by atoms with E-state index in [1.54, 1.807) is 18.2 Å².